The summed E-state index contributed by atoms with van der Waals surface area (Å²) in [6.45, 7) is 13.4. The van der Waals surface area contributed by atoms with Gasteiger partial charge in [0.1, 0.15) is 0 Å². The molecule has 3 radical (unpaired) electrons. The Morgan fingerprint density at radius 3 is 2.17 bits per heavy atom. The molecule has 101 valence electrons. The van der Waals surface area contributed by atoms with Crippen LogP contribution < -0.4 is 0 Å². The van der Waals surface area contributed by atoms with Crippen molar-refractivity contribution in [3.8, 4) is 0 Å². The Hall–Kier alpha value is -0.455. The summed E-state index contributed by atoms with van der Waals surface area (Å²) in [6, 6.07) is 0. The van der Waals surface area contributed by atoms with E-state index < -0.39 is 0 Å². The summed E-state index contributed by atoms with van der Waals surface area (Å²) in [7, 11) is 0. The third kappa shape index (κ3) is 2.92. The van der Waals surface area contributed by atoms with E-state index in [0.717, 1.165) is 11.8 Å². The molecule has 1 heteroatoms. The van der Waals surface area contributed by atoms with Crippen molar-refractivity contribution < 1.29 is 0 Å². The molecule has 0 aromatic rings. The first-order valence-corrected chi connectivity index (χ1v) is 7.43. The third-order valence-electron chi connectivity index (χ3n) is 4.70. The molecule has 2 aliphatic carbocycles. The summed E-state index contributed by atoms with van der Waals surface area (Å²) in [5, 5.41) is 0. The molecular weight excluding hydrogens is 215 g/mol. The molecule has 0 nitrogen and oxygen atoms in total. The molecule has 0 aliphatic heterocycles. The number of rotatable bonds is 1. The summed E-state index contributed by atoms with van der Waals surface area (Å²) in [4.78, 5) is 0. The van der Waals surface area contributed by atoms with Gasteiger partial charge in [-0.25, -0.2) is 0 Å². The molecule has 2 atom stereocenters. The van der Waals surface area contributed by atoms with Crippen LogP contribution in [0.3, 0.4) is 0 Å². The number of allylic oxidation sites excluding steroid dienone is 4. The molecule has 0 aromatic heterocycles. The summed E-state index contributed by atoms with van der Waals surface area (Å²) < 4.78 is 0. The SMILES string of the molecule is C/C=C/C1=C(C)C2CCCCC2C1(C)C.CC.[B]. The predicted octanol–water partition coefficient (Wildman–Crippen LogP) is 5.37. The van der Waals surface area contributed by atoms with Crippen molar-refractivity contribution in [3.05, 3.63) is 23.3 Å². The van der Waals surface area contributed by atoms with Gasteiger partial charge in [0.15, 0.2) is 0 Å². The van der Waals surface area contributed by atoms with Crippen LogP contribution in [0, 0.1) is 17.3 Å². The minimum absolute atomic E-state index is 0. The maximum atomic E-state index is 2.45. The number of hydrogen-bond acceptors (Lipinski definition) is 0. The van der Waals surface area contributed by atoms with Gasteiger partial charge in [-0.15, -0.1) is 0 Å². The van der Waals surface area contributed by atoms with Crippen molar-refractivity contribution in [2.45, 2.75) is 67.2 Å². The molecule has 0 bridgehead atoms. The zero-order chi connectivity index (χ0) is 13.1. The highest BCUT2D eigenvalue weighted by molar-refractivity contribution is 5.75. The lowest BCUT2D eigenvalue weighted by Crippen LogP contribution is -2.27. The molecule has 0 spiro atoms. The lowest BCUT2D eigenvalue weighted by molar-refractivity contribution is 0.176. The van der Waals surface area contributed by atoms with Gasteiger partial charge in [-0.1, -0.05) is 58.3 Å². The van der Waals surface area contributed by atoms with E-state index in [9.17, 15) is 0 Å². The average Bonchev–Trinajstić information content (AvgIpc) is 2.54. The monoisotopic (exact) mass is 245 g/mol. The molecule has 0 N–H and O–H groups in total. The zero-order valence-corrected chi connectivity index (χ0v) is 13.2. The van der Waals surface area contributed by atoms with Crippen molar-refractivity contribution in [1.29, 1.82) is 0 Å². The van der Waals surface area contributed by atoms with Crippen molar-refractivity contribution in [2.24, 2.45) is 17.3 Å². The second-order valence-corrected chi connectivity index (χ2v) is 5.82. The fourth-order valence-corrected chi connectivity index (χ4v) is 3.93. The highest BCUT2D eigenvalue weighted by Crippen LogP contribution is 2.56. The quantitative estimate of drug-likeness (QED) is 0.545. The Morgan fingerprint density at radius 2 is 1.67 bits per heavy atom. The molecule has 0 heterocycles. The second kappa shape index (κ2) is 7.21. The average molecular weight is 245 g/mol. The van der Waals surface area contributed by atoms with Gasteiger partial charge in [0, 0.05) is 8.41 Å². The summed E-state index contributed by atoms with van der Waals surface area (Å²) in [5.41, 5.74) is 3.73. The van der Waals surface area contributed by atoms with Crippen LogP contribution in [-0.2, 0) is 0 Å². The van der Waals surface area contributed by atoms with Gasteiger partial charge < -0.3 is 0 Å². The van der Waals surface area contributed by atoms with E-state index in [2.05, 4.69) is 39.8 Å². The smallest absolute Gasteiger partial charge is 0 e. The van der Waals surface area contributed by atoms with Crippen LogP contribution in [0.5, 0.6) is 0 Å². The minimum atomic E-state index is 0. The van der Waals surface area contributed by atoms with E-state index in [1.54, 1.807) is 11.1 Å². The van der Waals surface area contributed by atoms with Gasteiger partial charge in [-0.2, -0.15) is 0 Å². The predicted molar refractivity (Wildman–Crippen MR) is 83.8 cm³/mol. The van der Waals surface area contributed by atoms with Crippen LogP contribution in [0.15, 0.2) is 23.3 Å². The van der Waals surface area contributed by atoms with Crippen LogP contribution >= 0.6 is 0 Å². The molecule has 18 heavy (non-hydrogen) atoms. The Bertz CT molecular complexity index is 310. The van der Waals surface area contributed by atoms with Crippen molar-refractivity contribution in [3.63, 3.8) is 0 Å². The van der Waals surface area contributed by atoms with E-state index in [0.29, 0.717) is 5.41 Å². The van der Waals surface area contributed by atoms with Gasteiger partial charge in [-0.05, 0) is 49.5 Å². The Morgan fingerprint density at radius 1 is 1.11 bits per heavy atom. The number of fused-ring (bicyclic) bond motifs is 1. The second-order valence-electron chi connectivity index (χ2n) is 5.82. The topological polar surface area (TPSA) is 0 Å². The first-order chi connectivity index (χ1) is 8.09. The fraction of sp³-hybridized carbons (Fsp3) is 0.765. The van der Waals surface area contributed by atoms with E-state index >= 15 is 0 Å². The molecular formula is C17H30B. The molecule has 0 saturated heterocycles. The van der Waals surface area contributed by atoms with Crippen LogP contribution in [0.1, 0.15) is 67.2 Å². The Kier molecular flexibility index (Phi) is 7.03. The minimum Gasteiger partial charge on any atom is -0.0874 e. The Balaban J connectivity index is 0.000000917. The van der Waals surface area contributed by atoms with Crippen LogP contribution in [-0.4, -0.2) is 8.41 Å². The van der Waals surface area contributed by atoms with Crippen molar-refractivity contribution in [1.82, 2.24) is 0 Å². The molecule has 0 amide bonds. The third-order valence-corrected chi connectivity index (χ3v) is 4.70. The van der Waals surface area contributed by atoms with Crippen molar-refractivity contribution in [2.75, 3.05) is 0 Å². The molecule has 2 unspecified atom stereocenters. The molecule has 1 saturated carbocycles. The highest BCUT2D eigenvalue weighted by atomic mass is 14.5. The molecule has 2 rings (SSSR count). The molecule has 2 aliphatic rings. The zero-order valence-electron chi connectivity index (χ0n) is 13.2. The maximum Gasteiger partial charge on any atom is 0 e. The van der Waals surface area contributed by atoms with E-state index in [1.807, 2.05) is 13.8 Å². The summed E-state index contributed by atoms with van der Waals surface area (Å²) in [5.74, 6) is 1.80. The first kappa shape index (κ1) is 17.5. The number of hydrogen-bond donors (Lipinski definition) is 0. The Labute approximate surface area is 117 Å². The normalized spacial score (nSPS) is 29.4. The standard InChI is InChI=1S/C15H24.C2H6.B/c1-5-8-13-11(2)12-9-6-7-10-14(12)15(13,3)4;1-2;/h5,8,12,14H,6-7,9-10H2,1-4H3;1-2H3;/b8-5+;;. The molecule has 0 aromatic carbocycles. The van der Waals surface area contributed by atoms with Crippen LogP contribution in [0.2, 0.25) is 0 Å². The summed E-state index contributed by atoms with van der Waals surface area (Å²) >= 11 is 0. The lowest BCUT2D eigenvalue weighted by Gasteiger charge is -2.36. The largest absolute Gasteiger partial charge is 0.0874 e. The summed E-state index contributed by atoms with van der Waals surface area (Å²) in [6.07, 6.45) is 10.3. The lowest BCUT2D eigenvalue weighted by atomic mass is 9.68. The fourth-order valence-electron chi connectivity index (χ4n) is 3.93. The van der Waals surface area contributed by atoms with Crippen molar-refractivity contribution >= 4 is 8.41 Å². The van der Waals surface area contributed by atoms with Gasteiger partial charge in [0.2, 0.25) is 0 Å². The van der Waals surface area contributed by atoms with E-state index in [1.165, 1.54) is 25.7 Å². The first-order valence-electron chi connectivity index (χ1n) is 7.43. The van der Waals surface area contributed by atoms with Gasteiger partial charge in [0.05, 0.1) is 0 Å². The highest BCUT2D eigenvalue weighted by Gasteiger charge is 2.45. The van der Waals surface area contributed by atoms with E-state index in [-0.39, 0.29) is 8.41 Å². The van der Waals surface area contributed by atoms with Gasteiger partial charge >= 0.3 is 0 Å². The van der Waals surface area contributed by atoms with E-state index in [4.69, 9.17) is 0 Å². The van der Waals surface area contributed by atoms with Gasteiger partial charge in [-0.3, -0.25) is 0 Å². The molecule has 1 fully saturated rings. The van der Waals surface area contributed by atoms with Gasteiger partial charge in [0.25, 0.3) is 0 Å². The van der Waals surface area contributed by atoms with Crippen LogP contribution in [0.25, 0.3) is 0 Å². The maximum absolute atomic E-state index is 2.45. The van der Waals surface area contributed by atoms with Crippen LogP contribution in [0.4, 0.5) is 0 Å².